The minimum atomic E-state index is -3.76. The van der Waals surface area contributed by atoms with E-state index in [4.69, 9.17) is 0 Å². The second-order valence-corrected chi connectivity index (χ2v) is 9.09. The highest BCUT2D eigenvalue weighted by Gasteiger charge is 2.39. The molecule has 1 aliphatic heterocycles. The molecule has 2 amide bonds. The molecule has 1 atom stereocenters. The molecule has 2 aromatic rings. The predicted molar refractivity (Wildman–Crippen MR) is 114 cm³/mol. The Hall–Kier alpha value is -2.71. The highest BCUT2D eigenvalue weighted by molar-refractivity contribution is 7.89. The molecule has 1 saturated heterocycles. The van der Waals surface area contributed by atoms with Crippen LogP contribution in [0.3, 0.4) is 0 Å². The van der Waals surface area contributed by atoms with E-state index in [9.17, 15) is 18.0 Å². The van der Waals surface area contributed by atoms with Crippen LogP contribution in [0.4, 0.5) is 0 Å². The lowest BCUT2D eigenvalue weighted by Crippen LogP contribution is -2.48. The van der Waals surface area contributed by atoms with Crippen LogP contribution in [-0.4, -0.2) is 55.1 Å². The number of hydrogen-bond donors (Lipinski definition) is 1. The van der Waals surface area contributed by atoms with Crippen LogP contribution in [0.15, 0.2) is 65.6 Å². The van der Waals surface area contributed by atoms with Gasteiger partial charge < -0.3 is 10.2 Å². The van der Waals surface area contributed by atoms with Crippen molar-refractivity contribution in [3.8, 4) is 0 Å². The monoisotopic (exact) mass is 429 g/mol. The van der Waals surface area contributed by atoms with Crippen molar-refractivity contribution < 1.29 is 18.0 Å². The molecule has 1 aliphatic rings. The molecule has 160 valence electrons. The maximum absolute atomic E-state index is 12.9. The van der Waals surface area contributed by atoms with Crippen molar-refractivity contribution in [3.63, 3.8) is 0 Å². The second kappa shape index (κ2) is 9.86. The molecular formula is C22H27N3O4S. The van der Waals surface area contributed by atoms with Crippen LogP contribution in [0.2, 0.25) is 0 Å². The number of amides is 2. The Morgan fingerprint density at radius 2 is 1.70 bits per heavy atom. The van der Waals surface area contributed by atoms with Crippen molar-refractivity contribution in [1.82, 2.24) is 14.5 Å². The number of nitrogens with one attached hydrogen (secondary N) is 1. The number of likely N-dealkylation sites (N-methyl/N-ethyl adjacent to an activating group) is 1. The zero-order chi connectivity index (χ0) is 21.6. The van der Waals surface area contributed by atoms with E-state index in [2.05, 4.69) is 5.32 Å². The minimum Gasteiger partial charge on any atom is -0.346 e. The lowest BCUT2D eigenvalue weighted by Gasteiger charge is -2.25. The van der Waals surface area contributed by atoms with Crippen molar-refractivity contribution in [3.05, 3.63) is 66.2 Å². The summed E-state index contributed by atoms with van der Waals surface area (Å²) >= 11 is 0. The first-order valence-corrected chi connectivity index (χ1v) is 11.5. The zero-order valence-corrected chi connectivity index (χ0v) is 17.8. The largest absolute Gasteiger partial charge is 0.346 e. The molecule has 1 heterocycles. The van der Waals surface area contributed by atoms with Gasteiger partial charge in [0.05, 0.1) is 11.4 Å². The number of sulfonamides is 1. The van der Waals surface area contributed by atoms with E-state index >= 15 is 0 Å². The molecule has 0 bridgehead atoms. The van der Waals surface area contributed by atoms with Gasteiger partial charge in [0.1, 0.15) is 6.04 Å². The van der Waals surface area contributed by atoms with Crippen LogP contribution in [0.1, 0.15) is 25.3 Å². The van der Waals surface area contributed by atoms with Gasteiger partial charge in [0.15, 0.2) is 0 Å². The summed E-state index contributed by atoms with van der Waals surface area (Å²) in [6.07, 6.45) is 1.04. The second-order valence-electron chi connectivity index (χ2n) is 7.20. The third-order valence-electron chi connectivity index (χ3n) is 5.22. The van der Waals surface area contributed by atoms with Crippen LogP contribution >= 0.6 is 0 Å². The average molecular weight is 430 g/mol. The van der Waals surface area contributed by atoms with Gasteiger partial charge in [-0.3, -0.25) is 9.59 Å². The van der Waals surface area contributed by atoms with Crippen molar-refractivity contribution >= 4 is 21.8 Å². The summed E-state index contributed by atoms with van der Waals surface area (Å²) in [5.74, 6) is -0.638. The summed E-state index contributed by atoms with van der Waals surface area (Å²) in [5.41, 5.74) is 1.01. The third-order valence-corrected chi connectivity index (χ3v) is 7.14. The summed E-state index contributed by atoms with van der Waals surface area (Å²) in [5, 5.41) is 2.64. The molecule has 30 heavy (non-hydrogen) atoms. The van der Waals surface area contributed by atoms with Gasteiger partial charge >= 0.3 is 0 Å². The van der Waals surface area contributed by atoms with E-state index in [-0.39, 0.29) is 17.3 Å². The van der Waals surface area contributed by atoms with Crippen molar-refractivity contribution in [2.75, 3.05) is 19.6 Å². The normalized spacial score (nSPS) is 16.9. The zero-order valence-electron chi connectivity index (χ0n) is 17.0. The van der Waals surface area contributed by atoms with Gasteiger partial charge in [-0.2, -0.15) is 4.31 Å². The summed E-state index contributed by atoms with van der Waals surface area (Å²) in [6.45, 7) is 2.99. The summed E-state index contributed by atoms with van der Waals surface area (Å²) in [6, 6.07) is 16.9. The van der Waals surface area contributed by atoms with Crippen LogP contribution in [-0.2, 0) is 26.2 Å². The molecule has 1 N–H and O–H groups in total. The number of carbonyl (C=O) groups excluding carboxylic acids is 2. The van der Waals surface area contributed by atoms with E-state index < -0.39 is 22.0 Å². The fourth-order valence-electron chi connectivity index (χ4n) is 3.59. The highest BCUT2D eigenvalue weighted by Crippen LogP contribution is 2.26. The molecular weight excluding hydrogens is 402 g/mol. The van der Waals surface area contributed by atoms with Gasteiger partial charge in [-0.25, -0.2) is 8.42 Å². The molecule has 2 aromatic carbocycles. The smallest absolute Gasteiger partial charge is 0.243 e. The van der Waals surface area contributed by atoms with Gasteiger partial charge in [0.2, 0.25) is 21.8 Å². The Bertz CT molecular complexity index is 964. The molecule has 0 radical (unpaired) electrons. The van der Waals surface area contributed by atoms with E-state index in [1.807, 2.05) is 37.3 Å². The quantitative estimate of drug-likeness (QED) is 0.695. The van der Waals surface area contributed by atoms with Crippen LogP contribution in [0.5, 0.6) is 0 Å². The maximum Gasteiger partial charge on any atom is 0.243 e. The molecule has 7 nitrogen and oxygen atoms in total. The van der Waals surface area contributed by atoms with E-state index in [0.29, 0.717) is 32.5 Å². The Balaban J connectivity index is 1.61. The van der Waals surface area contributed by atoms with Crippen molar-refractivity contribution in [2.24, 2.45) is 0 Å². The number of hydrogen-bond acceptors (Lipinski definition) is 4. The summed E-state index contributed by atoms with van der Waals surface area (Å²) < 4.78 is 27.1. The van der Waals surface area contributed by atoms with E-state index in [1.54, 1.807) is 23.1 Å². The fraction of sp³-hybridized carbons (Fsp3) is 0.364. The Morgan fingerprint density at radius 3 is 2.33 bits per heavy atom. The van der Waals surface area contributed by atoms with Gasteiger partial charge in [0.25, 0.3) is 0 Å². The maximum atomic E-state index is 12.9. The summed E-state index contributed by atoms with van der Waals surface area (Å²) in [7, 11) is -3.76. The number of benzene rings is 2. The lowest BCUT2D eigenvalue weighted by atomic mass is 10.2. The number of carbonyl (C=O) groups is 2. The average Bonchev–Trinajstić information content (AvgIpc) is 3.28. The van der Waals surface area contributed by atoms with Gasteiger partial charge in [-0.15, -0.1) is 0 Å². The minimum absolute atomic E-state index is 0.158. The van der Waals surface area contributed by atoms with Crippen LogP contribution < -0.4 is 5.32 Å². The Kier molecular flexibility index (Phi) is 7.23. The fourth-order valence-corrected chi connectivity index (χ4v) is 5.27. The van der Waals surface area contributed by atoms with Crippen LogP contribution in [0.25, 0.3) is 0 Å². The van der Waals surface area contributed by atoms with Crippen molar-refractivity contribution in [2.45, 2.75) is 37.2 Å². The van der Waals surface area contributed by atoms with E-state index in [0.717, 1.165) is 5.56 Å². The molecule has 8 heteroatoms. The third kappa shape index (κ3) is 5.06. The molecule has 3 rings (SSSR count). The molecule has 1 fully saturated rings. The van der Waals surface area contributed by atoms with Crippen LogP contribution in [0, 0.1) is 0 Å². The molecule has 0 aliphatic carbocycles. The number of rotatable bonds is 8. The molecule has 0 saturated carbocycles. The molecule has 0 aromatic heterocycles. The molecule has 0 spiro atoms. The predicted octanol–water partition coefficient (Wildman–Crippen LogP) is 2.00. The Morgan fingerprint density at radius 1 is 1.07 bits per heavy atom. The SMILES string of the molecule is CCN(Cc1ccccc1)C(=O)CNC(=O)C1CCCN1S(=O)(=O)c1ccccc1. The lowest BCUT2D eigenvalue weighted by molar-refractivity contribution is -0.134. The first kappa shape index (κ1) is 22.0. The standard InChI is InChI=1S/C22H27N3O4S/c1-2-24(17-18-10-5-3-6-11-18)21(26)16-23-22(27)20-14-9-15-25(20)30(28,29)19-12-7-4-8-13-19/h3-8,10-13,20H,2,9,14-17H2,1H3,(H,23,27). The number of nitrogens with zero attached hydrogens (tertiary/aromatic N) is 2. The van der Waals surface area contributed by atoms with E-state index in [1.165, 1.54) is 16.4 Å². The first-order valence-electron chi connectivity index (χ1n) is 10.1. The topological polar surface area (TPSA) is 86.8 Å². The molecule has 1 unspecified atom stereocenters. The highest BCUT2D eigenvalue weighted by atomic mass is 32.2. The first-order chi connectivity index (χ1) is 14.4. The van der Waals surface area contributed by atoms with Crippen molar-refractivity contribution in [1.29, 1.82) is 0 Å². The van der Waals surface area contributed by atoms with Gasteiger partial charge in [-0.1, -0.05) is 48.5 Å². The Labute approximate surface area is 177 Å². The summed E-state index contributed by atoms with van der Waals surface area (Å²) in [4.78, 5) is 27.1. The van der Waals surface area contributed by atoms with Gasteiger partial charge in [-0.05, 0) is 37.5 Å². The van der Waals surface area contributed by atoms with Gasteiger partial charge in [0, 0.05) is 19.6 Å².